The Morgan fingerprint density at radius 1 is 1.12 bits per heavy atom. The Morgan fingerprint density at radius 2 is 1.92 bits per heavy atom. The molecule has 2 aliphatic carbocycles. The van der Waals surface area contributed by atoms with Crippen LogP contribution in [0.3, 0.4) is 0 Å². The van der Waals surface area contributed by atoms with E-state index in [0.29, 0.717) is 30.0 Å². The minimum absolute atomic E-state index is 0.00451. The number of hydrogen-bond donors (Lipinski definition) is 2. The average molecular weight is 322 g/mol. The topological polar surface area (TPSA) is 79.0 Å². The standard InChI is InChI=1S/C19H18N2O3/c22-17-8-4-7-15-13(17)9-14(18(23)20-15)19(24)21-16-10-12(16)11-5-2-1-3-6-11/h1-3,5-6,9,12,16H,4,7-8,10H2,(H,20,23)(H,21,24)/t12-,16+/m0/s1. The van der Waals surface area contributed by atoms with E-state index in [1.807, 2.05) is 30.3 Å². The molecule has 5 nitrogen and oxygen atoms in total. The molecule has 4 rings (SSSR count). The summed E-state index contributed by atoms with van der Waals surface area (Å²) in [6, 6.07) is 11.5. The maximum absolute atomic E-state index is 12.4. The molecule has 2 atom stereocenters. The van der Waals surface area contributed by atoms with Gasteiger partial charge in [-0.1, -0.05) is 30.3 Å². The Balaban J connectivity index is 1.53. The van der Waals surface area contributed by atoms with Crippen LogP contribution in [0.1, 0.15) is 57.2 Å². The van der Waals surface area contributed by atoms with Crippen molar-refractivity contribution in [1.29, 1.82) is 0 Å². The fourth-order valence-corrected chi connectivity index (χ4v) is 3.41. The normalized spacial score (nSPS) is 21.9. The molecular weight excluding hydrogens is 304 g/mol. The van der Waals surface area contributed by atoms with Crippen LogP contribution in [-0.4, -0.2) is 22.7 Å². The summed E-state index contributed by atoms with van der Waals surface area (Å²) in [5.74, 6) is -0.107. The maximum atomic E-state index is 12.4. The van der Waals surface area contributed by atoms with Crippen LogP contribution in [0.15, 0.2) is 41.2 Å². The van der Waals surface area contributed by atoms with Gasteiger partial charge in [-0.25, -0.2) is 0 Å². The fourth-order valence-electron chi connectivity index (χ4n) is 3.41. The van der Waals surface area contributed by atoms with E-state index in [1.165, 1.54) is 11.6 Å². The summed E-state index contributed by atoms with van der Waals surface area (Å²) in [6.45, 7) is 0. The lowest BCUT2D eigenvalue weighted by molar-refractivity contribution is 0.0948. The van der Waals surface area contributed by atoms with E-state index in [0.717, 1.165) is 12.8 Å². The summed E-state index contributed by atoms with van der Waals surface area (Å²) in [5, 5.41) is 2.91. The molecule has 0 unspecified atom stereocenters. The van der Waals surface area contributed by atoms with Crippen molar-refractivity contribution in [3.8, 4) is 0 Å². The first-order valence-corrected chi connectivity index (χ1v) is 8.28. The van der Waals surface area contributed by atoms with Crippen molar-refractivity contribution in [1.82, 2.24) is 10.3 Å². The molecule has 1 fully saturated rings. The zero-order valence-electron chi connectivity index (χ0n) is 13.2. The van der Waals surface area contributed by atoms with E-state index in [-0.39, 0.29) is 17.4 Å². The fraction of sp³-hybridized carbons (Fsp3) is 0.316. The lowest BCUT2D eigenvalue weighted by atomic mass is 9.93. The van der Waals surface area contributed by atoms with Crippen LogP contribution in [-0.2, 0) is 6.42 Å². The van der Waals surface area contributed by atoms with Gasteiger partial charge in [0.15, 0.2) is 5.78 Å². The number of Topliss-reactive ketones (excluding diaryl/α,β-unsaturated/α-hetero) is 1. The second kappa shape index (κ2) is 5.74. The highest BCUT2D eigenvalue weighted by atomic mass is 16.2. The van der Waals surface area contributed by atoms with Crippen molar-refractivity contribution in [3.05, 3.63) is 69.1 Å². The van der Waals surface area contributed by atoms with Gasteiger partial charge >= 0.3 is 0 Å². The Labute approximate surface area is 139 Å². The Bertz CT molecular complexity index is 870. The molecule has 1 heterocycles. The van der Waals surface area contributed by atoms with E-state index in [9.17, 15) is 14.4 Å². The summed E-state index contributed by atoms with van der Waals surface area (Å²) >= 11 is 0. The van der Waals surface area contributed by atoms with E-state index in [1.54, 1.807) is 0 Å². The Morgan fingerprint density at radius 3 is 2.71 bits per heavy atom. The van der Waals surface area contributed by atoms with Crippen LogP contribution in [0.5, 0.6) is 0 Å². The third-order valence-electron chi connectivity index (χ3n) is 4.83. The van der Waals surface area contributed by atoms with Crippen molar-refractivity contribution in [2.24, 2.45) is 0 Å². The molecule has 0 saturated heterocycles. The van der Waals surface area contributed by atoms with Gasteiger partial charge in [0.25, 0.3) is 11.5 Å². The molecule has 1 saturated carbocycles. The van der Waals surface area contributed by atoms with Gasteiger partial charge in [0.2, 0.25) is 0 Å². The second-order valence-corrected chi connectivity index (χ2v) is 6.51. The number of aromatic amines is 1. The highest BCUT2D eigenvalue weighted by molar-refractivity contribution is 6.01. The van der Waals surface area contributed by atoms with Crippen LogP contribution in [0.25, 0.3) is 0 Å². The van der Waals surface area contributed by atoms with E-state index in [4.69, 9.17) is 0 Å². The number of aryl methyl sites for hydroxylation is 1. The summed E-state index contributed by atoms with van der Waals surface area (Å²) in [4.78, 5) is 39.3. The quantitative estimate of drug-likeness (QED) is 0.909. The maximum Gasteiger partial charge on any atom is 0.261 e. The molecule has 2 aromatic rings. The van der Waals surface area contributed by atoms with E-state index < -0.39 is 11.5 Å². The van der Waals surface area contributed by atoms with E-state index >= 15 is 0 Å². The van der Waals surface area contributed by atoms with E-state index in [2.05, 4.69) is 10.3 Å². The number of carbonyl (C=O) groups excluding carboxylic acids is 2. The molecule has 24 heavy (non-hydrogen) atoms. The first-order chi connectivity index (χ1) is 11.6. The molecule has 2 N–H and O–H groups in total. The Kier molecular flexibility index (Phi) is 3.56. The van der Waals surface area contributed by atoms with Crippen molar-refractivity contribution < 1.29 is 9.59 Å². The SMILES string of the molecule is O=C1CCCc2[nH]c(=O)c(C(=O)N[C@@H]3C[C@H]3c3ccccc3)cc21. The number of H-pyrrole nitrogens is 1. The number of aromatic nitrogens is 1. The van der Waals surface area contributed by atoms with Gasteiger partial charge in [-0.15, -0.1) is 0 Å². The van der Waals surface area contributed by atoms with Gasteiger partial charge in [0, 0.05) is 29.6 Å². The number of amides is 1. The number of pyridine rings is 1. The van der Waals surface area contributed by atoms with Gasteiger partial charge < -0.3 is 10.3 Å². The number of nitrogens with one attached hydrogen (secondary N) is 2. The molecule has 0 aliphatic heterocycles. The van der Waals surface area contributed by atoms with Crippen LogP contribution in [0, 0.1) is 0 Å². The Hall–Kier alpha value is -2.69. The lowest BCUT2D eigenvalue weighted by Crippen LogP contribution is -2.33. The minimum Gasteiger partial charge on any atom is -0.348 e. The second-order valence-electron chi connectivity index (χ2n) is 6.51. The predicted octanol–water partition coefficient (Wildman–Crippen LogP) is 2.18. The van der Waals surface area contributed by atoms with Gasteiger partial charge in [-0.3, -0.25) is 14.4 Å². The molecule has 1 aromatic heterocycles. The number of carbonyl (C=O) groups is 2. The lowest BCUT2D eigenvalue weighted by Gasteiger charge is -2.15. The van der Waals surface area contributed by atoms with Gasteiger partial charge in [-0.05, 0) is 30.9 Å². The molecule has 2 aliphatic rings. The number of hydrogen-bond acceptors (Lipinski definition) is 3. The summed E-state index contributed by atoms with van der Waals surface area (Å²) in [5.41, 5.74) is 1.95. The number of ketones is 1. The molecule has 122 valence electrons. The third-order valence-corrected chi connectivity index (χ3v) is 4.83. The zero-order valence-corrected chi connectivity index (χ0v) is 13.2. The first-order valence-electron chi connectivity index (χ1n) is 8.28. The van der Waals surface area contributed by atoms with Crippen molar-refractivity contribution in [3.63, 3.8) is 0 Å². The monoisotopic (exact) mass is 322 g/mol. The highest BCUT2D eigenvalue weighted by Crippen LogP contribution is 2.40. The number of benzene rings is 1. The van der Waals surface area contributed by atoms with Crippen LogP contribution < -0.4 is 10.9 Å². The van der Waals surface area contributed by atoms with Crippen molar-refractivity contribution in [2.45, 2.75) is 37.6 Å². The number of rotatable bonds is 3. The van der Waals surface area contributed by atoms with Crippen LogP contribution in [0.4, 0.5) is 0 Å². The molecule has 0 spiro atoms. The van der Waals surface area contributed by atoms with Crippen LogP contribution in [0.2, 0.25) is 0 Å². The zero-order chi connectivity index (χ0) is 16.7. The van der Waals surface area contributed by atoms with Gasteiger partial charge in [0.05, 0.1) is 0 Å². The van der Waals surface area contributed by atoms with Gasteiger partial charge in [0.1, 0.15) is 5.56 Å². The summed E-state index contributed by atoms with van der Waals surface area (Å²) in [7, 11) is 0. The average Bonchev–Trinajstić information content (AvgIpc) is 3.34. The molecule has 5 heteroatoms. The smallest absolute Gasteiger partial charge is 0.261 e. The molecule has 0 bridgehead atoms. The molecule has 1 amide bonds. The largest absolute Gasteiger partial charge is 0.348 e. The van der Waals surface area contributed by atoms with Crippen molar-refractivity contribution >= 4 is 11.7 Å². The molecular formula is C19H18N2O3. The summed E-state index contributed by atoms with van der Waals surface area (Å²) < 4.78 is 0. The highest BCUT2D eigenvalue weighted by Gasteiger charge is 2.39. The number of fused-ring (bicyclic) bond motifs is 1. The molecule has 1 aromatic carbocycles. The van der Waals surface area contributed by atoms with Crippen molar-refractivity contribution in [2.75, 3.05) is 0 Å². The predicted molar refractivity (Wildman–Crippen MR) is 89.4 cm³/mol. The molecule has 0 radical (unpaired) electrons. The summed E-state index contributed by atoms with van der Waals surface area (Å²) in [6.07, 6.45) is 2.77. The van der Waals surface area contributed by atoms with Crippen LogP contribution >= 0.6 is 0 Å². The van der Waals surface area contributed by atoms with Gasteiger partial charge in [-0.2, -0.15) is 0 Å². The third kappa shape index (κ3) is 2.66. The first kappa shape index (κ1) is 14.9. The minimum atomic E-state index is -0.419.